The van der Waals surface area contributed by atoms with Gasteiger partial charge in [-0.25, -0.2) is 0 Å². The number of aromatic nitrogens is 2. The van der Waals surface area contributed by atoms with E-state index in [9.17, 15) is 0 Å². The lowest BCUT2D eigenvalue weighted by Gasteiger charge is -2.03. The average molecular weight is 209 g/mol. The Bertz CT molecular complexity index is 283. The summed E-state index contributed by atoms with van der Waals surface area (Å²) in [6, 6.07) is 0. The van der Waals surface area contributed by atoms with Gasteiger partial charge < -0.3 is 10.1 Å². The molecule has 1 aromatic heterocycles. The third-order valence-electron chi connectivity index (χ3n) is 1.90. The minimum Gasteiger partial charge on any atom is -0.489 e. The summed E-state index contributed by atoms with van der Waals surface area (Å²) in [7, 11) is 0. The Kier molecular flexibility index (Phi) is 5.55. The molecule has 0 bridgehead atoms. The van der Waals surface area contributed by atoms with Gasteiger partial charge in [-0.2, -0.15) is 5.10 Å². The van der Waals surface area contributed by atoms with E-state index < -0.39 is 0 Å². The predicted octanol–water partition coefficient (Wildman–Crippen LogP) is 1.45. The summed E-state index contributed by atoms with van der Waals surface area (Å²) in [5.41, 5.74) is 0. The minimum atomic E-state index is 0.658. The van der Waals surface area contributed by atoms with Gasteiger partial charge in [0.1, 0.15) is 6.61 Å². The molecule has 1 aromatic rings. The normalized spacial score (nSPS) is 10.2. The zero-order chi connectivity index (χ0) is 10.9. The van der Waals surface area contributed by atoms with Crippen LogP contribution in [0, 0.1) is 0 Å². The lowest BCUT2D eigenvalue weighted by molar-refractivity contribution is 0.316. The third kappa shape index (κ3) is 4.65. The molecule has 1 N–H and O–H groups in total. The largest absolute Gasteiger partial charge is 0.489 e. The van der Waals surface area contributed by atoms with Crippen LogP contribution in [0.3, 0.4) is 0 Å². The number of ether oxygens (including phenoxy) is 1. The molecular weight excluding hydrogens is 190 g/mol. The van der Waals surface area contributed by atoms with Crippen molar-refractivity contribution in [3.8, 4) is 5.75 Å². The van der Waals surface area contributed by atoms with Gasteiger partial charge in [0, 0.05) is 19.6 Å². The summed E-state index contributed by atoms with van der Waals surface area (Å²) in [6.07, 6.45) is 6.60. The molecule has 0 saturated heterocycles. The summed E-state index contributed by atoms with van der Waals surface area (Å²) in [6.45, 7) is 8.99. The highest BCUT2D eigenvalue weighted by molar-refractivity contribution is 5.11. The first kappa shape index (κ1) is 11.8. The van der Waals surface area contributed by atoms with Crippen molar-refractivity contribution in [1.82, 2.24) is 15.1 Å². The van der Waals surface area contributed by atoms with E-state index in [0.29, 0.717) is 6.61 Å². The molecular formula is C11H19N3O. The van der Waals surface area contributed by atoms with Crippen LogP contribution in [-0.2, 0) is 6.54 Å². The van der Waals surface area contributed by atoms with Gasteiger partial charge in [-0.15, -0.1) is 6.58 Å². The van der Waals surface area contributed by atoms with Crippen molar-refractivity contribution in [3.05, 3.63) is 25.0 Å². The van der Waals surface area contributed by atoms with Gasteiger partial charge in [0.2, 0.25) is 0 Å². The lowest BCUT2D eigenvalue weighted by Crippen LogP contribution is -2.20. The SMILES string of the molecule is C=CCNCCOc1cnn(CCC)c1. The van der Waals surface area contributed by atoms with E-state index in [1.807, 2.05) is 17.0 Å². The first-order valence-corrected chi connectivity index (χ1v) is 5.33. The average Bonchev–Trinajstić information content (AvgIpc) is 2.66. The van der Waals surface area contributed by atoms with Gasteiger partial charge in [-0.1, -0.05) is 13.0 Å². The Balaban J connectivity index is 2.16. The third-order valence-corrected chi connectivity index (χ3v) is 1.90. The molecule has 0 fully saturated rings. The molecule has 4 nitrogen and oxygen atoms in total. The smallest absolute Gasteiger partial charge is 0.157 e. The van der Waals surface area contributed by atoms with Crippen LogP contribution in [0.1, 0.15) is 13.3 Å². The molecule has 1 heterocycles. The summed E-state index contributed by atoms with van der Waals surface area (Å²) >= 11 is 0. The fraction of sp³-hybridized carbons (Fsp3) is 0.545. The molecule has 0 aliphatic heterocycles. The molecule has 0 aromatic carbocycles. The number of rotatable bonds is 8. The highest BCUT2D eigenvalue weighted by Crippen LogP contribution is 2.07. The second kappa shape index (κ2) is 7.06. The van der Waals surface area contributed by atoms with E-state index in [0.717, 1.165) is 31.8 Å². The summed E-state index contributed by atoms with van der Waals surface area (Å²) in [4.78, 5) is 0. The zero-order valence-corrected chi connectivity index (χ0v) is 9.28. The Morgan fingerprint density at radius 2 is 2.53 bits per heavy atom. The highest BCUT2D eigenvalue weighted by atomic mass is 16.5. The van der Waals surface area contributed by atoms with Gasteiger partial charge >= 0.3 is 0 Å². The minimum absolute atomic E-state index is 0.658. The standard InChI is InChI=1S/C11H19N3O/c1-3-5-12-6-8-15-11-9-13-14(10-11)7-4-2/h3,9-10,12H,1,4-8H2,2H3. The molecule has 0 atom stereocenters. The van der Waals surface area contributed by atoms with Crippen molar-refractivity contribution in [3.63, 3.8) is 0 Å². The quantitative estimate of drug-likeness (QED) is 0.520. The Labute approximate surface area is 90.9 Å². The van der Waals surface area contributed by atoms with E-state index >= 15 is 0 Å². The van der Waals surface area contributed by atoms with Crippen LogP contribution >= 0.6 is 0 Å². The Morgan fingerprint density at radius 3 is 3.27 bits per heavy atom. The number of nitrogens with one attached hydrogen (secondary N) is 1. The van der Waals surface area contributed by atoms with Crippen LogP contribution in [0.2, 0.25) is 0 Å². The molecule has 0 unspecified atom stereocenters. The van der Waals surface area contributed by atoms with Gasteiger partial charge in [-0.3, -0.25) is 4.68 Å². The molecule has 4 heteroatoms. The molecule has 0 aliphatic carbocycles. The van der Waals surface area contributed by atoms with Gasteiger partial charge in [0.15, 0.2) is 5.75 Å². The summed E-state index contributed by atoms with van der Waals surface area (Å²) in [5, 5.41) is 7.34. The Morgan fingerprint density at radius 1 is 1.67 bits per heavy atom. The van der Waals surface area contributed by atoms with Gasteiger partial charge in [0.05, 0.1) is 12.4 Å². The van der Waals surface area contributed by atoms with Gasteiger partial charge in [-0.05, 0) is 6.42 Å². The fourth-order valence-corrected chi connectivity index (χ4v) is 1.22. The molecule has 15 heavy (non-hydrogen) atoms. The van der Waals surface area contributed by atoms with Crippen LogP contribution in [0.4, 0.5) is 0 Å². The second-order valence-electron chi connectivity index (χ2n) is 3.28. The Hall–Kier alpha value is -1.29. The molecule has 0 spiro atoms. The van der Waals surface area contributed by atoms with Crippen molar-refractivity contribution in [1.29, 1.82) is 0 Å². The van der Waals surface area contributed by atoms with Crippen molar-refractivity contribution in [2.45, 2.75) is 19.9 Å². The zero-order valence-electron chi connectivity index (χ0n) is 9.28. The van der Waals surface area contributed by atoms with Crippen molar-refractivity contribution in [2.24, 2.45) is 0 Å². The van der Waals surface area contributed by atoms with Crippen molar-refractivity contribution < 1.29 is 4.74 Å². The summed E-state index contributed by atoms with van der Waals surface area (Å²) < 4.78 is 7.39. The second-order valence-corrected chi connectivity index (χ2v) is 3.28. The lowest BCUT2D eigenvalue weighted by atomic mass is 10.5. The predicted molar refractivity (Wildman–Crippen MR) is 61.1 cm³/mol. The van der Waals surface area contributed by atoms with Crippen molar-refractivity contribution >= 4 is 0 Å². The number of nitrogens with zero attached hydrogens (tertiary/aromatic N) is 2. The molecule has 0 aliphatic rings. The number of hydrogen-bond acceptors (Lipinski definition) is 3. The monoisotopic (exact) mass is 209 g/mol. The van der Waals surface area contributed by atoms with Crippen molar-refractivity contribution in [2.75, 3.05) is 19.7 Å². The van der Waals surface area contributed by atoms with Crippen LogP contribution in [0.15, 0.2) is 25.0 Å². The van der Waals surface area contributed by atoms with E-state index in [2.05, 4.69) is 23.9 Å². The van der Waals surface area contributed by atoms with Gasteiger partial charge in [0.25, 0.3) is 0 Å². The molecule has 0 saturated carbocycles. The summed E-state index contributed by atoms with van der Waals surface area (Å²) in [5.74, 6) is 0.837. The maximum absolute atomic E-state index is 5.50. The van der Waals surface area contributed by atoms with E-state index in [-0.39, 0.29) is 0 Å². The fourth-order valence-electron chi connectivity index (χ4n) is 1.22. The molecule has 84 valence electrons. The molecule has 0 radical (unpaired) electrons. The first-order valence-electron chi connectivity index (χ1n) is 5.33. The first-order chi connectivity index (χ1) is 7.36. The van der Waals surface area contributed by atoms with Crippen LogP contribution in [0.5, 0.6) is 5.75 Å². The number of hydrogen-bond donors (Lipinski definition) is 1. The van der Waals surface area contributed by atoms with E-state index in [4.69, 9.17) is 4.74 Å². The molecule has 0 amide bonds. The van der Waals surface area contributed by atoms with Crippen LogP contribution in [0.25, 0.3) is 0 Å². The van der Waals surface area contributed by atoms with E-state index in [1.54, 1.807) is 6.20 Å². The highest BCUT2D eigenvalue weighted by Gasteiger charge is 1.97. The van der Waals surface area contributed by atoms with Crippen LogP contribution < -0.4 is 10.1 Å². The van der Waals surface area contributed by atoms with Crippen LogP contribution in [-0.4, -0.2) is 29.5 Å². The maximum Gasteiger partial charge on any atom is 0.157 e. The number of aryl methyl sites for hydroxylation is 1. The molecule has 1 rings (SSSR count). The maximum atomic E-state index is 5.50. The topological polar surface area (TPSA) is 39.1 Å². The van der Waals surface area contributed by atoms with E-state index in [1.165, 1.54) is 0 Å².